The van der Waals surface area contributed by atoms with Crippen molar-refractivity contribution in [3.63, 3.8) is 0 Å². The van der Waals surface area contributed by atoms with Crippen molar-refractivity contribution in [2.75, 3.05) is 0 Å². The summed E-state index contributed by atoms with van der Waals surface area (Å²) in [6, 6.07) is 10.6. The van der Waals surface area contributed by atoms with Gasteiger partial charge < -0.3 is 0 Å². The molecule has 0 saturated carbocycles. The van der Waals surface area contributed by atoms with Crippen LogP contribution in [0.1, 0.15) is 44.7 Å². The maximum atomic E-state index is 9.05. The Balaban J connectivity index is 2.87. The summed E-state index contributed by atoms with van der Waals surface area (Å²) in [6.45, 7) is 6.15. The number of hydrogen-bond acceptors (Lipinski definition) is 1. The minimum absolute atomic E-state index is 0.794. The molecule has 0 heterocycles. The molecule has 1 nitrogen and oxygen atoms in total. The molecule has 1 aromatic carbocycles. The van der Waals surface area contributed by atoms with E-state index >= 15 is 0 Å². The van der Waals surface area contributed by atoms with Gasteiger partial charge in [0.15, 0.2) is 0 Å². The van der Waals surface area contributed by atoms with E-state index in [1.807, 2.05) is 13.8 Å². The Hall–Kier alpha value is -1.55. The van der Waals surface area contributed by atoms with Crippen LogP contribution >= 0.6 is 0 Å². The van der Waals surface area contributed by atoms with Crippen molar-refractivity contribution < 1.29 is 0 Å². The lowest BCUT2D eigenvalue weighted by Crippen LogP contribution is -1.88. The summed E-state index contributed by atoms with van der Waals surface area (Å²) >= 11 is 0. The van der Waals surface area contributed by atoms with E-state index in [2.05, 4.69) is 37.3 Å². The van der Waals surface area contributed by atoms with Crippen molar-refractivity contribution in [1.29, 1.82) is 5.26 Å². The van der Waals surface area contributed by atoms with Gasteiger partial charge in [-0.1, -0.05) is 43.2 Å². The lowest BCUT2D eigenvalue weighted by atomic mass is 10.00. The zero-order chi connectivity index (χ0) is 12.0. The van der Waals surface area contributed by atoms with Crippen molar-refractivity contribution in [1.82, 2.24) is 0 Å². The molecule has 0 fully saturated rings. The Morgan fingerprint density at radius 1 is 1.19 bits per heavy atom. The number of benzene rings is 1. The molecule has 0 aliphatic carbocycles. The number of allylic oxidation sites excluding steroid dienone is 2. The molecule has 0 N–H and O–H groups in total. The van der Waals surface area contributed by atoms with Crippen molar-refractivity contribution in [2.45, 2.75) is 40.0 Å². The topological polar surface area (TPSA) is 23.8 Å². The van der Waals surface area contributed by atoms with Gasteiger partial charge in [-0.3, -0.25) is 0 Å². The van der Waals surface area contributed by atoms with Gasteiger partial charge in [0.1, 0.15) is 0 Å². The molecule has 0 radical (unpaired) electrons. The molecule has 1 aromatic rings. The average molecular weight is 213 g/mol. The summed E-state index contributed by atoms with van der Waals surface area (Å²) in [7, 11) is 0. The first-order valence-electron chi connectivity index (χ1n) is 5.86. The van der Waals surface area contributed by atoms with E-state index in [1.54, 1.807) is 0 Å². The van der Waals surface area contributed by atoms with Gasteiger partial charge in [0.05, 0.1) is 11.6 Å². The first kappa shape index (κ1) is 12.5. The van der Waals surface area contributed by atoms with Crippen LogP contribution < -0.4 is 0 Å². The molecule has 0 aliphatic heterocycles. The maximum absolute atomic E-state index is 9.05. The van der Waals surface area contributed by atoms with Crippen LogP contribution in [0.2, 0.25) is 0 Å². The van der Waals surface area contributed by atoms with Crippen LogP contribution in [-0.2, 0) is 6.42 Å². The van der Waals surface area contributed by atoms with Gasteiger partial charge in [0, 0.05) is 0 Å². The van der Waals surface area contributed by atoms with Gasteiger partial charge in [-0.15, -0.1) is 0 Å². The molecule has 0 aromatic heterocycles. The second-order valence-corrected chi connectivity index (χ2v) is 4.29. The molecular weight excluding hydrogens is 194 g/mol. The lowest BCUT2D eigenvalue weighted by molar-refractivity contribution is 0.795. The number of nitriles is 1. The molecule has 0 spiro atoms. The summed E-state index contributed by atoms with van der Waals surface area (Å²) in [5.74, 6) is 0. The van der Waals surface area contributed by atoms with Crippen molar-refractivity contribution >= 4 is 5.57 Å². The smallest absolute Gasteiger partial charge is 0.0997 e. The maximum Gasteiger partial charge on any atom is 0.0997 e. The van der Waals surface area contributed by atoms with Crippen LogP contribution in [0.4, 0.5) is 0 Å². The van der Waals surface area contributed by atoms with Crippen LogP contribution in [0.3, 0.4) is 0 Å². The van der Waals surface area contributed by atoms with Crippen molar-refractivity contribution in [3.8, 4) is 6.07 Å². The lowest BCUT2D eigenvalue weighted by Gasteiger charge is -2.04. The Kier molecular flexibility index (Phi) is 4.79. The van der Waals surface area contributed by atoms with Gasteiger partial charge in [-0.25, -0.2) is 0 Å². The summed E-state index contributed by atoms with van der Waals surface area (Å²) in [5.41, 5.74) is 4.25. The third kappa shape index (κ3) is 3.24. The highest BCUT2D eigenvalue weighted by molar-refractivity contribution is 5.78. The Morgan fingerprint density at radius 2 is 1.81 bits per heavy atom. The van der Waals surface area contributed by atoms with Gasteiger partial charge in [-0.05, 0) is 37.8 Å². The van der Waals surface area contributed by atoms with E-state index in [0.29, 0.717) is 0 Å². The Labute approximate surface area is 98.4 Å². The molecule has 0 amide bonds. The van der Waals surface area contributed by atoms with Gasteiger partial charge in [-0.2, -0.15) is 5.26 Å². The second-order valence-electron chi connectivity index (χ2n) is 4.29. The minimum Gasteiger partial charge on any atom is -0.192 e. The van der Waals surface area contributed by atoms with E-state index in [9.17, 15) is 0 Å². The summed E-state index contributed by atoms with van der Waals surface area (Å²) in [5, 5.41) is 9.05. The standard InChI is InChI=1S/C15H19N/c1-4-5-6-13-7-9-14(10-8-13)15(11-16)12(2)3/h7-10H,4-6H2,1-3H3. The molecule has 0 bridgehead atoms. The largest absolute Gasteiger partial charge is 0.192 e. The Morgan fingerprint density at radius 3 is 2.25 bits per heavy atom. The van der Waals surface area contributed by atoms with E-state index in [-0.39, 0.29) is 0 Å². The number of aryl methyl sites for hydroxylation is 1. The van der Waals surface area contributed by atoms with Gasteiger partial charge >= 0.3 is 0 Å². The second kappa shape index (κ2) is 6.12. The predicted molar refractivity (Wildman–Crippen MR) is 68.9 cm³/mol. The van der Waals surface area contributed by atoms with Crippen LogP contribution in [0.5, 0.6) is 0 Å². The first-order chi connectivity index (χ1) is 7.69. The molecule has 0 aliphatic rings. The summed E-state index contributed by atoms with van der Waals surface area (Å²) in [6.07, 6.45) is 3.58. The monoisotopic (exact) mass is 213 g/mol. The minimum atomic E-state index is 0.794. The molecule has 0 saturated heterocycles. The fraction of sp³-hybridized carbons (Fsp3) is 0.400. The van der Waals surface area contributed by atoms with E-state index in [4.69, 9.17) is 5.26 Å². The SMILES string of the molecule is CCCCc1ccc(C(C#N)=C(C)C)cc1. The quantitative estimate of drug-likeness (QED) is 0.682. The fourth-order valence-corrected chi connectivity index (χ4v) is 1.68. The van der Waals surface area contributed by atoms with E-state index in [0.717, 1.165) is 23.1 Å². The molecule has 0 atom stereocenters. The highest BCUT2D eigenvalue weighted by Gasteiger charge is 2.02. The molecule has 16 heavy (non-hydrogen) atoms. The molecule has 84 valence electrons. The number of unbranched alkanes of at least 4 members (excludes halogenated alkanes) is 1. The van der Waals surface area contributed by atoms with Crippen LogP contribution in [0.25, 0.3) is 5.57 Å². The third-order valence-corrected chi connectivity index (χ3v) is 2.67. The molecule has 1 heteroatoms. The Bertz CT molecular complexity index is 400. The molecular formula is C15H19N. The summed E-state index contributed by atoms with van der Waals surface area (Å²) < 4.78 is 0. The normalized spacial score (nSPS) is 9.62. The fourth-order valence-electron chi connectivity index (χ4n) is 1.68. The molecule has 1 rings (SSSR count). The first-order valence-corrected chi connectivity index (χ1v) is 5.86. The zero-order valence-corrected chi connectivity index (χ0v) is 10.4. The van der Waals surface area contributed by atoms with E-state index in [1.165, 1.54) is 18.4 Å². The van der Waals surface area contributed by atoms with Gasteiger partial charge in [0.2, 0.25) is 0 Å². The molecule has 0 unspecified atom stereocenters. The van der Waals surface area contributed by atoms with Crippen molar-refractivity contribution in [2.24, 2.45) is 0 Å². The third-order valence-electron chi connectivity index (χ3n) is 2.67. The van der Waals surface area contributed by atoms with Crippen LogP contribution in [0, 0.1) is 11.3 Å². The number of nitrogens with zero attached hydrogens (tertiary/aromatic N) is 1. The summed E-state index contributed by atoms with van der Waals surface area (Å²) in [4.78, 5) is 0. The van der Waals surface area contributed by atoms with E-state index < -0.39 is 0 Å². The van der Waals surface area contributed by atoms with Gasteiger partial charge in [0.25, 0.3) is 0 Å². The van der Waals surface area contributed by atoms with Crippen LogP contribution in [-0.4, -0.2) is 0 Å². The van der Waals surface area contributed by atoms with Crippen LogP contribution in [0.15, 0.2) is 29.8 Å². The average Bonchev–Trinajstić information content (AvgIpc) is 2.28. The number of hydrogen-bond donors (Lipinski definition) is 0. The highest BCUT2D eigenvalue weighted by atomic mass is 14.2. The predicted octanol–water partition coefficient (Wildman–Crippen LogP) is 4.35. The highest BCUT2D eigenvalue weighted by Crippen LogP contribution is 2.18. The zero-order valence-electron chi connectivity index (χ0n) is 10.4. The van der Waals surface area contributed by atoms with Crippen molar-refractivity contribution in [3.05, 3.63) is 41.0 Å². The number of rotatable bonds is 4.